The number of nitrogens with one attached hydrogen (secondary N) is 1. The van der Waals surface area contributed by atoms with Crippen LogP contribution in [-0.4, -0.2) is 34.9 Å². The van der Waals surface area contributed by atoms with Gasteiger partial charge in [0.15, 0.2) is 5.69 Å². The highest BCUT2D eigenvalue weighted by Crippen LogP contribution is 2.16. The van der Waals surface area contributed by atoms with E-state index in [2.05, 4.69) is 10.4 Å². The van der Waals surface area contributed by atoms with Crippen molar-refractivity contribution < 1.29 is 9.53 Å². The van der Waals surface area contributed by atoms with Crippen molar-refractivity contribution in [2.45, 2.75) is 18.9 Å². The fourth-order valence-corrected chi connectivity index (χ4v) is 2.38. The second-order valence-corrected chi connectivity index (χ2v) is 5.06. The third kappa shape index (κ3) is 3.05. The fraction of sp³-hybridized carbons (Fsp3) is 0.333. The van der Waals surface area contributed by atoms with Crippen molar-refractivity contribution in [3.05, 3.63) is 42.2 Å². The van der Waals surface area contributed by atoms with Crippen LogP contribution in [0, 0.1) is 0 Å². The first-order valence-electron chi connectivity index (χ1n) is 7.03. The van der Waals surface area contributed by atoms with Gasteiger partial charge in [-0.25, -0.2) is 4.68 Å². The smallest absolute Gasteiger partial charge is 0.272 e. The molecule has 0 unspecified atom stereocenters. The van der Waals surface area contributed by atoms with Crippen LogP contribution in [0.3, 0.4) is 0 Å². The van der Waals surface area contributed by atoms with Crippen molar-refractivity contribution in [2.75, 3.05) is 18.9 Å². The van der Waals surface area contributed by atoms with E-state index in [0.29, 0.717) is 24.6 Å². The number of hydrogen-bond acceptors (Lipinski definition) is 4. The molecule has 1 saturated heterocycles. The lowest BCUT2D eigenvalue weighted by molar-refractivity contribution is 0.0694. The molecule has 0 radical (unpaired) electrons. The predicted molar refractivity (Wildman–Crippen MR) is 79.3 cm³/mol. The number of carbonyl (C=O) groups excluding carboxylic acids is 1. The van der Waals surface area contributed by atoms with Crippen LogP contribution < -0.4 is 11.1 Å². The van der Waals surface area contributed by atoms with Gasteiger partial charge in [0.25, 0.3) is 5.91 Å². The van der Waals surface area contributed by atoms with E-state index in [4.69, 9.17) is 10.5 Å². The van der Waals surface area contributed by atoms with Gasteiger partial charge < -0.3 is 15.8 Å². The summed E-state index contributed by atoms with van der Waals surface area (Å²) in [6.45, 7) is 1.39. The highest BCUT2D eigenvalue weighted by molar-refractivity contribution is 5.92. The Balaban J connectivity index is 1.72. The van der Waals surface area contributed by atoms with E-state index < -0.39 is 0 Å². The maximum atomic E-state index is 12.2. The first kappa shape index (κ1) is 13.6. The number of carbonyl (C=O) groups is 1. The number of para-hydroxylation sites is 2. The summed E-state index contributed by atoms with van der Waals surface area (Å²) in [5, 5.41) is 7.29. The summed E-state index contributed by atoms with van der Waals surface area (Å²) in [4.78, 5) is 12.2. The zero-order chi connectivity index (χ0) is 14.7. The summed E-state index contributed by atoms with van der Waals surface area (Å²) in [6, 6.07) is 9.27. The molecule has 0 saturated carbocycles. The van der Waals surface area contributed by atoms with Crippen LogP contribution in [0.25, 0.3) is 5.69 Å². The summed E-state index contributed by atoms with van der Waals surface area (Å²) >= 11 is 0. The molecule has 3 rings (SSSR count). The van der Waals surface area contributed by atoms with Crippen molar-refractivity contribution >= 4 is 11.6 Å². The van der Waals surface area contributed by atoms with Crippen LogP contribution in [0.15, 0.2) is 36.5 Å². The van der Waals surface area contributed by atoms with Crippen molar-refractivity contribution in [3.8, 4) is 5.69 Å². The van der Waals surface area contributed by atoms with Gasteiger partial charge in [-0.1, -0.05) is 12.1 Å². The molecule has 1 aliphatic heterocycles. The van der Waals surface area contributed by atoms with Gasteiger partial charge >= 0.3 is 0 Å². The summed E-state index contributed by atoms with van der Waals surface area (Å²) in [5.41, 5.74) is 7.69. The topological polar surface area (TPSA) is 82.2 Å². The number of hydrogen-bond donors (Lipinski definition) is 2. The first-order valence-corrected chi connectivity index (χ1v) is 7.03. The van der Waals surface area contributed by atoms with Crippen molar-refractivity contribution in [1.82, 2.24) is 15.1 Å². The third-order valence-electron chi connectivity index (χ3n) is 3.56. The Morgan fingerprint density at radius 3 is 2.81 bits per heavy atom. The fourth-order valence-electron chi connectivity index (χ4n) is 2.38. The van der Waals surface area contributed by atoms with Gasteiger partial charge in [-0.15, -0.1) is 0 Å². The lowest BCUT2D eigenvalue weighted by Gasteiger charge is -2.22. The van der Waals surface area contributed by atoms with Crippen molar-refractivity contribution in [2.24, 2.45) is 0 Å². The number of anilines is 1. The molecule has 0 aliphatic carbocycles. The number of nitrogen functional groups attached to an aromatic ring is 1. The zero-order valence-corrected chi connectivity index (χ0v) is 11.7. The van der Waals surface area contributed by atoms with E-state index in [1.165, 1.54) is 0 Å². The number of nitrogens with zero attached hydrogens (tertiary/aromatic N) is 2. The van der Waals surface area contributed by atoms with E-state index in [9.17, 15) is 4.79 Å². The Hall–Kier alpha value is -2.34. The summed E-state index contributed by atoms with van der Waals surface area (Å²) in [6.07, 6.45) is 3.43. The average molecular weight is 286 g/mol. The maximum Gasteiger partial charge on any atom is 0.272 e. The van der Waals surface area contributed by atoms with Crippen LogP contribution in [0.1, 0.15) is 23.3 Å². The second-order valence-electron chi connectivity index (χ2n) is 5.06. The average Bonchev–Trinajstić information content (AvgIpc) is 2.98. The van der Waals surface area contributed by atoms with Crippen LogP contribution in [0.5, 0.6) is 0 Å². The SMILES string of the molecule is Nc1ccccc1-n1ccc(C(=O)NC2CCOCC2)n1. The summed E-state index contributed by atoms with van der Waals surface area (Å²) < 4.78 is 6.90. The molecule has 2 heterocycles. The quantitative estimate of drug-likeness (QED) is 0.835. The standard InChI is InChI=1S/C15H18N4O2/c16-12-3-1-2-4-14(12)19-8-5-13(18-19)15(20)17-11-6-9-21-10-7-11/h1-5,8,11H,6-7,9-10,16H2,(H,17,20). The minimum absolute atomic E-state index is 0.157. The molecule has 6 heteroatoms. The number of benzene rings is 1. The van der Waals surface area contributed by atoms with E-state index >= 15 is 0 Å². The van der Waals surface area contributed by atoms with Gasteiger partial charge in [-0.2, -0.15) is 5.10 Å². The largest absolute Gasteiger partial charge is 0.397 e. The molecule has 1 fully saturated rings. The lowest BCUT2D eigenvalue weighted by Crippen LogP contribution is -2.39. The van der Waals surface area contributed by atoms with Gasteiger partial charge in [0.2, 0.25) is 0 Å². The predicted octanol–water partition coefficient (Wildman–Crippen LogP) is 1.36. The van der Waals surface area contributed by atoms with Crippen LogP contribution >= 0.6 is 0 Å². The number of amides is 1. The molecule has 0 spiro atoms. The molecule has 0 atom stereocenters. The Morgan fingerprint density at radius 1 is 1.29 bits per heavy atom. The van der Waals surface area contributed by atoms with Gasteiger partial charge in [-0.05, 0) is 31.0 Å². The van der Waals surface area contributed by atoms with E-state index in [-0.39, 0.29) is 11.9 Å². The van der Waals surface area contributed by atoms with Crippen LogP contribution in [0.2, 0.25) is 0 Å². The van der Waals surface area contributed by atoms with E-state index in [1.807, 2.05) is 18.2 Å². The van der Waals surface area contributed by atoms with E-state index in [1.54, 1.807) is 23.0 Å². The summed E-state index contributed by atoms with van der Waals surface area (Å²) in [5.74, 6) is -0.157. The molecule has 6 nitrogen and oxygen atoms in total. The Bertz CT molecular complexity index is 632. The second kappa shape index (κ2) is 5.97. The number of rotatable bonds is 3. The molecule has 2 aromatic rings. The van der Waals surface area contributed by atoms with Crippen LogP contribution in [-0.2, 0) is 4.74 Å². The van der Waals surface area contributed by atoms with Crippen molar-refractivity contribution in [3.63, 3.8) is 0 Å². The summed E-state index contributed by atoms with van der Waals surface area (Å²) in [7, 11) is 0. The maximum absolute atomic E-state index is 12.2. The molecule has 3 N–H and O–H groups in total. The van der Waals surface area contributed by atoms with Gasteiger partial charge in [0.05, 0.1) is 11.4 Å². The molecular formula is C15H18N4O2. The Kier molecular flexibility index (Phi) is 3.87. The molecule has 1 aliphatic rings. The molecule has 21 heavy (non-hydrogen) atoms. The Morgan fingerprint density at radius 2 is 2.05 bits per heavy atom. The zero-order valence-electron chi connectivity index (χ0n) is 11.7. The molecule has 1 amide bonds. The van der Waals surface area contributed by atoms with Crippen LogP contribution in [0.4, 0.5) is 5.69 Å². The molecule has 0 bridgehead atoms. The first-order chi connectivity index (χ1) is 10.2. The lowest BCUT2D eigenvalue weighted by atomic mass is 10.1. The number of nitrogens with two attached hydrogens (primary N) is 1. The normalized spacial score (nSPS) is 15.8. The van der Waals surface area contributed by atoms with Crippen molar-refractivity contribution in [1.29, 1.82) is 0 Å². The minimum atomic E-state index is -0.157. The third-order valence-corrected chi connectivity index (χ3v) is 3.56. The molecule has 1 aromatic carbocycles. The number of aromatic nitrogens is 2. The highest BCUT2D eigenvalue weighted by atomic mass is 16.5. The molecule has 110 valence electrons. The Labute approximate surface area is 122 Å². The molecule has 1 aromatic heterocycles. The highest BCUT2D eigenvalue weighted by Gasteiger charge is 2.18. The number of ether oxygens (including phenoxy) is 1. The van der Waals surface area contributed by atoms with Gasteiger partial charge in [-0.3, -0.25) is 4.79 Å². The van der Waals surface area contributed by atoms with Gasteiger partial charge in [0.1, 0.15) is 0 Å². The van der Waals surface area contributed by atoms with E-state index in [0.717, 1.165) is 18.5 Å². The molecular weight excluding hydrogens is 268 g/mol. The van der Waals surface area contributed by atoms with Gasteiger partial charge in [0, 0.05) is 25.5 Å². The monoisotopic (exact) mass is 286 g/mol. The minimum Gasteiger partial charge on any atom is -0.397 e.